The zero-order valence-electron chi connectivity index (χ0n) is 12.1. The van der Waals surface area contributed by atoms with Crippen LogP contribution in [-0.2, 0) is 9.84 Å². The molecule has 0 heterocycles. The third-order valence-corrected chi connectivity index (χ3v) is 4.24. The predicted octanol–water partition coefficient (Wildman–Crippen LogP) is 2.25. The number of hydrogen-bond donors (Lipinski definition) is 1. The first-order valence-corrected chi connectivity index (χ1v) is 8.32. The van der Waals surface area contributed by atoms with Crippen LogP contribution in [0.4, 0.5) is 0 Å². The van der Waals surface area contributed by atoms with Gasteiger partial charge in [-0.3, -0.25) is 0 Å². The Balaban J connectivity index is 2.43. The van der Waals surface area contributed by atoms with Gasteiger partial charge in [-0.15, -0.1) is 0 Å². The molecule has 108 valence electrons. The van der Waals surface area contributed by atoms with Gasteiger partial charge in [-0.1, -0.05) is 6.92 Å². The Morgan fingerprint density at radius 3 is 2.26 bits per heavy atom. The maximum atomic E-state index is 11.3. The van der Waals surface area contributed by atoms with Crippen LogP contribution in [0.1, 0.15) is 27.2 Å². The lowest BCUT2D eigenvalue weighted by molar-refractivity contribution is 0.281. The van der Waals surface area contributed by atoms with Gasteiger partial charge in [-0.25, -0.2) is 8.42 Å². The van der Waals surface area contributed by atoms with Crippen molar-refractivity contribution in [2.75, 3.05) is 19.4 Å². The summed E-state index contributed by atoms with van der Waals surface area (Å²) in [7, 11) is -3.14. The van der Waals surface area contributed by atoms with Crippen LogP contribution >= 0.6 is 0 Å². The minimum atomic E-state index is -3.14. The van der Waals surface area contributed by atoms with E-state index in [0.29, 0.717) is 17.3 Å². The molecular formula is C14H23NO3S. The number of hydrogen-bond acceptors (Lipinski definition) is 4. The lowest BCUT2D eigenvalue weighted by Gasteiger charge is -2.24. The molecule has 5 heteroatoms. The molecule has 0 aliphatic heterocycles. The zero-order valence-corrected chi connectivity index (χ0v) is 12.9. The van der Waals surface area contributed by atoms with Crippen LogP contribution in [0.15, 0.2) is 29.2 Å². The normalized spacial score (nSPS) is 12.4. The van der Waals surface area contributed by atoms with E-state index in [9.17, 15) is 8.42 Å². The Morgan fingerprint density at radius 2 is 1.79 bits per heavy atom. The van der Waals surface area contributed by atoms with Crippen LogP contribution in [0.2, 0.25) is 0 Å². The fourth-order valence-corrected chi connectivity index (χ4v) is 2.10. The second-order valence-electron chi connectivity index (χ2n) is 5.26. The molecule has 4 nitrogen and oxygen atoms in total. The zero-order chi connectivity index (χ0) is 14.5. The highest BCUT2D eigenvalue weighted by atomic mass is 32.2. The molecule has 0 atom stereocenters. The largest absolute Gasteiger partial charge is 0.492 e. The lowest BCUT2D eigenvalue weighted by atomic mass is 10.0. The van der Waals surface area contributed by atoms with Crippen molar-refractivity contribution in [1.29, 1.82) is 0 Å². The van der Waals surface area contributed by atoms with Crippen LogP contribution in [0.25, 0.3) is 0 Å². The highest BCUT2D eigenvalue weighted by molar-refractivity contribution is 7.90. The van der Waals surface area contributed by atoms with Gasteiger partial charge in [0.25, 0.3) is 0 Å². The van der Waals surface area contributed by atoms with E-state index in [4.69, 9.17) is 4.74 Å². The van der Waals surface area contributed by atoms with Gasteiger partial charge >= 0.3 is 0 Å². The van der Waals surface area contributed by atoms with Gasteiger partial charge in [0.2, 0.25) is 0 Å². The molecule has 0 aliphatic rings. The minimum Gasteiger partial charge on any atom is -0.492 e. The number of sulfone groups is 1. The van der Waals surface area contributed by atoms with E-state index < -0.39 is 9.84 Å². The highest BCUT2D eigenvalue weighted by Gasteiger charge is 2.12. The monoisotopic (exact) mass is 285 g/mol. The summed E-state index contributed by atoms with van der Waals surface area (Å²) in [6.45, 7) is 7.75. The average molecular weight is 285 g/mol. The number of nitrogens with one attached hydrogen (secondary N) is 1. The molecule has 0 spiro atoms. The van der Waals surface area contributed by atoms with E-state index in [0.717, 1.165) is 13.0 Å². The number of ether oxygens (including phenoxy) is 1. The van der Waals surface area contributed by atoms with E-state index in [2.05, 4.69) is 26.1 Å². The van der Waals surface area contributed by atoms with Gasteiger partial charge in [-0.2, -0.15) is 0 Å². The molecule has 1 N–H and O–H groups in total. The van der Waals surface area contributed by atoms with Gasteiger partial charge in [-0.05, 0) is 44.5 Å². The maximum Gasteiger partial charge on any atom is 0.175 e. The molecule has 1 aromatic carbocycles. The first kappa shape index (κ1) is 16.0. The molecule has 0 aromatic heterocycles. The average Bonchev–Trinajstić information content (AvgIpc) is 2.34. The molecule has 0 bridgehead atoms. The molecule has 0 unspecified atom stereocenters. The van der Waals surface area contributed by atoms with Gasteiger partial charge in [0, 0.05) is 18.3 Å². The fraction of sp³-hybridized carbons (Fsp3) is 0.571. The van der Waals surface area contributed by atoms with Crippen molar-refractivity contribution in [1.82, 2.24) is 5.32 Å². The van der Waals surface area contributed by atoms with Crippen molar-refractivity contribution < 1.29 is 13.2 Å². The molecule has 0 saturated carbocycles. The van der Waals surface area contributed by atoms with Crippen molar-refractivity contribution in [3.05, 3.63) is 24.3 Å². The van der Waals surface area contributed by atoms with Gasteiger partial charge in [0.05, 0.1) is 4.90 Å². The van der Waals surface area contributed by atoms with Crippen LogP contribution in [-0.4, -0.2) is 33.4 Å². The van der Waals surface area contributed by atoms with Crippen LogP contribution in [0, 0.1) is 0 Å². The standard InChI is InChI=1S/C14H23NO3S/c1-5-14(2,3)15-10-11-18-12-6-8-13(9-7-12)19(4,16)17/h6-9,15H,5,10-11H2,1-4H3. The first-order chi connectivity index (χ1) is 8.74. The summed E-state index contributed by atoms with van der Waals surface area (Å²) in [5, 5.41) is 3.39. The molecule has 0 fully saturated rings. The van der Waals surface area contributed by atoms with E-state index in [-0.39, 0.29) is 5.54 Å². The van der Waals surface area contributed by atoms with E-state index in [1.165, 1.54) is 6.26 Å². The number of rotatable bonds is 7. The van der Waals surface area contributed by atoms with E-state index >= 15 is 0 Å². The summed E-state index contributed by atoms with van der Waals surface area (Å²) >= 11 is 0. The van der Waals surface area contributed by atoms with E-state index in [1.54, 1.807) is 24.3 Å². The summed E-state index contributed by atoms with van der Waals surface area (Å²) < 4.78 is 28.2. The Kier molecular flexibility index (Phi) is 5.38. The number of benzene rings is 1. The smallest absolute Gasteiger partial charge is 0.175 e. The molecule has 19 heavy (non-hydrogen) atoms. The summed E-state index contributed by atoms with van der Waals surface area (Å²) in [6.07, 6.45) is 2.25. The molecule has 0 aliphatic carbocycles. The Bertz CT molecular complexity index is 492. The molecule has 0 saturated heterocycles. The molecule has 1 aromatic rings. The summed E-state index contributed by atoms with van der Waals surface area (Å²) in [6, 6.07) is 6.49. The van der Waals surface area contributed by atoms with Gasteiger partial charge in [0.1, 0.15) is 12.4 Å². The van der Waals surface area contributed by atoms with E-state index in [1.807, 2.05) is 0 Å². The van der Waals surface area contributed by atoms with Gasteiger partial charge < -0.3 is 10.1 Å². The molecule has 0 radical (unpaired) electrons. The summed E-state index contributed by atoms with van der Waals surface area (Å²) in [5.41, 5.74) is 0.115. The molecule has 1 rings (SSSR count). The molecular weight excluding hydrogens is 262 g/mol. The second kappa shape index (κ2) is 6.39. The van der Waals surface area contributed by atoms with Crippen molar-refractivity contribution >= 4 is 9.84 Å². The highest BCUT2D eigenvalue weighted by Crippen LogP contribution is 2.15. The first-order valence-electron chi connectivity index (χ1n) is 6.42. The quantitative estimate of drug-likeness (QED) is 0.781. The van der Waals surface area contributed by atoms with Gasteiger partial charge in [0.15, 0.2) is 9.84 Å². The van der Waals surface area contributed by atoms with Crippen LogP contribution < -0.4 is 10.1 Å². The topological polar surface area (TPSA) is 55.4 Å². The van der Waals surface area contributed by atoms with Crippen molar-refractivity contribution in [2.24, 2.45) is 0 Å². The maximum absolute atomic E-state index is 11.3. The minimum absolute atomic E-state index is 0.115. The SMILES string of the molecule is CCC(C)(C)NCCOc1ccc(S(C)(=O)=O)cc1. The third-order valence-electron chi connectivity index (χ3n) is 3.11. The Labute approximate surface area is 116 Å². The van der Waals surface area contributed by atoms with Crippen LogP contribution in [0.5, 0.6) is 5.75 Å². The van der Waals surface area contributed by atoms with Crippen molar-refractivity contribution in [3.8, 4) is 5.75 Å². The Hall–Kier alpha value is -1.07. The molecule has 0 amide bonds. The predicted molar refractivity (Wildman–Crippen MR) is 77.4 cm³/mol. The second-order valence-corrected chi connectivity index (χ2v) is 7.27. The van der Waals surface area contributed by atoms with Crippen molar-refractivity contribution in [3.63, 3.8) is 0 Å². The summed E-state index contributed by atoms with van der Waals surface area (Å²) in [5.74, 6) is 0.684. The Morgan fingerprint density at radius 1 is 1.21 bits per heavy atom. The fourth-order valence-electron chi connectivity index (χ4n) is 1.47. The van der Waals surface area contributed by atoms with Crippen LogP contribution in [0.3, 0.4) is 0 Å². The lowest BCUT2D eigenvalue weighted by Crippen LogP contribution is -2.40. The third kappa shape index (κ3) is 5.61. The van der Waals surface area contributed by atoms with Crippen molar-refractivity contribution in [2.45, 2.75) is 37.6 Å². The summed E-state index contributed by atoms with van der Waals surface area (Å²) in [4.78, 5) is 0.310.